The molecule has 2 nitrogen and oxygen atoms in total. The van der Waals surface area contributed by atoms with E-state index in [1.54, 1.807) is 7.11 Å². The van der Waals surface area contributed by atoms with Crippen LogP contribution in [0.25, 0.3) is 17.0 Å². The van der Waals surface area contributed by atoms with E-state index in [1.807, 2.05) is 20.0 Å². The molecule has 0 fully saturated rings. The van der Waals surface area contributed by atoms with Crippen molar-refractivity contribution in [3.8, 4) is 11.3 Å². The van der Waals surface area contributed by atoms with Crippen LogP contribution in [-0.4, -0.2) is 12.1 Å². The Morgan fingerprint density at radius 1 is 1.26 bits per heavy atom. The number of methoxy groups -OCH3 is 1. The first-order chi connectivity index (χ1) is 11.2. The summed E-state index contributed by atoms with van der Waals surface area (Å²) in [5.74, 6) is 0.642. The van der Waals surface area contributed by atoms with Crippen molar-refractivity contribution in [2.75, 3.05) is 7.11 Å². The molecule has 1 aromatic heterocycles. The minimum Gasteiger partial charge on any atom is -0.497 e. The highest BCUT2D eigenvalue weighted by atomic mass is 79.9. The zero-order valence-corrected chi connectivity index (χ0v) is 16.1. The molecule has 0 aliphatic rings. The van der Waals surface area contributed by atoms with Crippen molar-refractivity contribution < 1.29 is 4.74 Å². The molecule has 2 aromatic rings. The number of hydrogen-bond donors (Lipinski definition) is 0. The van der Waals surface area contributed by atoms with Crippen molar-refractivity contribution in [3.63, 3.8) is 0 Å². The van der Waals surface area contributed by atoms with Gasteiger partial charge in [0.1, 0.15) is 5.76 Å². The largest absolute Gasteiger partial charge is 0.497 e. The number of nitrogens with zero attached hydrogens (tertiary/aromatic N) is 1. The maximum Gasteiger partial charge on any atom is 0.120 e. The monoisotopic (exact) mass is 375 g/mol. The summed E-state index contributed by atoms with van der Waals surface area (Å²) in [6, 6.07) is 10.7. The molecule has 0 radical (unpaired) electrons. The van der Waals surface area contributed by atoms with Gasteiger partial charge >= 0.3 is 0 Å². The van der Waals surface area contributed by atoms with Gasteiger partial charge in [0.05, 0.1) is 12.8 Å². The second-order valence-corrected chi connectivity index (χ2v) is 5.50. The van der Waals surface area contributed by atoms with Crippen LogP contribution in [0.15, 0.2) is 43.1 Å². The van der Waals surface area contributed by atoms with E-state index in [-0.39, 0.29) is 0 Å². The highest BCUT2D eigenvalue weighted by molar-refractivity contribution is 9.08. The predicted octanol–water partition coefficient (Wildman–Crippen LogP) is 6.24. The Bertz CT molecular complexity index is 637. The van der Waals surface area contributed by atoms with Gasteiger partial charge in [0, 0.05) is 22.7 Å². The zero-order valence-electron chi connectivity index (χ0n) is 14.5. The molecule has 23 heavy (non-hydrogen) atoms. The Labute approximate surface area is 148 Å². The van der Waals surface area contributed by atoms with Crippen LogP contribution in [0.2, 0.25) is 0 Å². The smallest absolute Gasteiger partial charge is 0.120 e. The van der Waals surface area contributed by atoms with Crippen LogP contribution in [0.3, 0.4) is 0 Å². The maximum absolute atomic E-state index is 5.22. The second kappa shape index (κ2) is 10.2. The van der Waals surface area contributed by atoms with Crippen LogP contribution in [0.5, 0.6) is 0 Å². The summed E-state index contributed by atoms with van der Waals surface area (Å²) in [4.78, 5) is 4.57. The normalized spacial score (nSPS) is 9.78. The van der Waals surface area contributed by atoms with Gasteiger partial charge in [-0.15, -0.1) is 0 Å². The lowest BCUT2D eigenvalue weighted by atomic mass is 10.0. The van der Waals surface area contributed by atoms with Gasteiger partial charge in [0.2, 0.25) is 0 Å². The molecule has 0 saturated heterocycles. The van der Waals surface area contributed by atoms with Gasteiger partial charge in [-0.3, -0.25) is 4.98 Å². The molecule has 1 heterocycles. The van der Waals surface area contributed by atoms with Crippen LogP contribution >= 0.6 is 15.9 Å². The molecule has 0 unspecified atom stereocenters. The molecule has 0 aliphatic heterocycles. The quantitative estimate of drug-likeness (QED) is 0.440. The summed E-state index contributed by atoms with van der Waals surface area (Å²) in [6.45, 7) is 10.1. The molecule has 0 spiro atoms. The van der Waals surface area contributed by atoms with Gasteiger partial charge in [-0.25, -0.2) is 0 Å². The maximum atomic E-state index is 5.22. The number of hydrogen-bond acceptors (Lipinski definition) is 2. The molecule has 0 aliphatic carbocycles. The first kappa shape index (κ1) is 19.4. The number of rotatable bonds is 6. The standard InChI is InChI=1S/C18H20BrNO.C2H6/c1-4-6-14-7-5-8-15(9-14)18-10-16(11-19)17(12-20-18)13(2)21-3;1-2/h5,7-10,12H,2,4,6,11H2,1,3H3;1-2H3. The Morgan fingerprint density at radius 2 is 2.00 bits per heavy atom. The average Bonchev–Trinajstić information content (AvgIpc) is 2.62. The molecular weight excluding hydrogens is 350 g/mol. The topological polar surface area (TPSA) is 22.1 Å². The Kier molecular flexibility index (Phi) is 8.64. The Balaban J connectivity index is 0.00000127. The summed E-state index contributed by atoms with van der Waals surface area (Å²) >= 11 is 3.53. The molecule has 124 valence electrons. The molecule has 0 N–H and O–H groups in total. The first-order valence-corrected chi connectivity index (χ1v) is 9.19. The van der Waals surface area contributed by atoms with E-state index in [0.717, 1.165) is 40.6 Å². The SMILES string of the molecule is C=C(OC)c1cnc(-c2cccc(CCC)c2)cc1CBr.CC. The summed E-state index contributed by atoms with van der Waals surface area (Å²) in [7, 11) is 1.63. The fourth-order valence-electron chi connectivity index (χ4n) is 2.30. The van der Waals surface area contributed by atoms with Gasteiger partial charge in [-0.1, -0.05) is 67.9 Å². The van der Waals surface area contributed by atoms with Gasteiger partial charge in [-0.2, -0.15) is 0 Å². The third kappa shape index (κ3) is 5.21. The van der Waals surface area contributed by atoms with Crippen molar-refractivity contribution in [1.82, 2.24) is 4.98 Å². The minimum atomic E-state index is 0.642. The number of benzene rings is 1. The Hall–Kier alpha value is -1.61. The van der Waals surface area contributed by atoms with Gasteiger partial charge in [0.15, 0.2) is 0 Å². The third-order valence-corrected chi connectivity index (χ3v) is 4.05. The third-order valence-electron chi connectivity index (χ3n) is 3.44. The summed E-state index contributed by atoms with van der Waals surface area (Å²) < 4.78 is 5.22. The van der Waals surface area contributed by atoms with Gasteiger partial charge in [0.25, 0.3) is 0 Å². The molecule has 0 bridgehead atoms. The summed E-state index contributed by atoms with van der Waals surface area (Å²) in [5.41, 5.74) is 5.56. The van der Waals surface area contributed by atoms with E-state index in [9.17, 15) is 0 Å². The molecule has 2 rings (SSSR count). The number of alkyl halides is 1. The minimum absolute atomic E-state index is 0.642. The summed E-state index contributed by atoms with van der Waals surface area (Å²) in [5, 5.41) is 0.745. The van der Waals surface area contributed by atoms with Crippen LogP contribution in [0.4, 0.5) is 0 Å². The molecule has 0 amide bonds. The summed E-state index contributed by atoms with van der Waals surface area (Å²) in [6.07, 6.45) is 4.08. The molecule has 1 aromatic carbocycles. The number of ether oxygens (including phenoxy) is 1. The van der Waals surface area contributed by atoms with Crippen LogP contribution in [0, 0.1) is 0 Å². The lowest BCUT2D eigenvalue weighted by Gasteiger charge is -2.11. The van der Waals surface area contributed by atoms with Crippen molar-refractivity contribution in [1.29, 1.82) is 0 Å². The van der Waals surface area contributed by atoms with E-state index in [4.69, 9.17) is 4.74 Å². The van der Waals surface area contributed by atoms with E-state index < -0.39 is 0 Å². The van der Waals surface area contributed by atoms with Crippen LogP contribution in [0.1, 0.15) is 43.9 Å². The highest BCUT2D eigenvalue weighted by Gasteiger charge is 2.09. The van der Waals surface area contributed by atoms with Gasteiger partial charge in [-0.05, 0) is 29.7 Å². The number of aryl methyl sites for hydroxylation is 1. The molecule has 0 saturated carbocycles. The highest BCUT2D eigenvalue weighted by Crippen LogP contribution is 2.26. The molecule has 0 atom stereocenters. The van der Waals surface area contributed by atoms with Crippen LogP contribution in [-0.2, 0) is 16.5 Å². The van der Waals surface area contributed by atoms with E-state index in [0.29, 0.717) is 5.76 Å². The number of halogens is 1. The van der Waals surface area contributed by atoms with E-state index >= 15 is 0 Å². The predicted molar refractivity (Wildman–Crippen MR) is 104 cm³/mol. The van der Waals surface area contributed by atoms with Gasteiger partial charge < -0.3 is 4.74 Å². The average molecular weight is 376 g/mol. The number of aromatic nitrogens is 1. The lowest BCUT2D eigenvalue weighted by Crippen LogP contribution is -1.96. The molecule has 3 heteroatoms. The lowest BCUT2D eigenvalue weighted by molar-refractivity contribution is 0.371. The fraction of sp³-hybridized carbons (Fsp3) is 0.350. The second-order valence-electron chi connectivity index (χ2n) is 4.94. The van der Waals surface area contributed by atoms with Crippen molar-refractivity contribution >= 4 is 21.7 Å². The first-order valence-electron chi connectivity index (χ1n) is 8.07. The Morgan fingerprint density at radius 3 is 2.61 bits per heavy atom. The zero-order chi connectivity index (χ0) is 17.2. The van der Waals surface area contributed by atoms with Crippen LogP contribution < -0.4 is 0 Å². The van der Waals surface area contributed by atoms with E-state index in [1.165, 1.54) is 5.56 Å². The fourth-order valence-corrected chi connectivity index (χ4v) is 2.77. The van der Waals surface area contributed by atoms with Crippen molar-refractivity contribution in [3.05, 3.63) is 59.8 Å². The van der Waals surface area contributed by atoms with E-state index in [2.05, 4.69) is 64.7 Å². The van der Waals surface area contributed by atoms with Crippen molar-refractivity contribution in [2.24, 2.45) is 0 Å². The molecular formula is C20H26BrNO. The van der Waals surface area contributed by atoms with Crippen molar-refractivity contribution in [2.45, 2.75) is 38.9 Å². The number of pyridine rings is 1.